The highest BCUT2D eigenvalue weighted by Gasteiger charge is 2.21. The molecule has 6 nitrogen and oxygen atoms in total. The molecule has 1 fully saturated rings. The van der Waals surface area contributed by atoms with Crippen molar-refractivity contribution in [2.75, 3.05) is 19.7 Å². The first-order valence-electron chi connectivity index (χ1n) is 5.88. The van der Waals surface area contributed by atoms with Crippen LogP contribution in [0, 0.1) is 0 Å². The highest BCUT2D eigenvalue weighted by atomic mass is 35.5. The van der Waals surface area contributed by atoms with E-state index in [9.17, 15) is 14.7 Å². The number of rotatable bonds is 3. The van der Waals surface area contributed by atoms with Gasteiger partial charge in [0.15, 0.2) is 0 Å². The van der Waals surface area contributed by atoms with Gasteiger partial charge in [-0.2, -0.15) is 0 Å². The summed E-state index contributed by atoms with van der Waals surface area (Å²) in [5.41, 5.74) is -0.0855. The van der Waals surface area contributed by atoms with Crippen LogP contribution in [0.2, 0.25) is 10.0 Å². The molecule has 20 heavy (non-hydrogen) atoms. The number of nitrogens with one attached hydrogen (secondary N) is 1. The fourth-order valence-corrected chi connectivity index (χ4v) is 2.22. The van der Waals surface area contributed by atoms with Crippen LogP contribution in [0.25, 0.3) is 0 Å². The molecule has 0 bridgehead atoms. The monoisotopic (exact) mass is 318 g/mol. The summed E-state index contributed by atoms with van der Waals surface area (Å²) in [4.78, 5) is 28.6. The van der Waals surface area contributed by atoms with Crippen LogP contribution in [0.5, 0.6) is 5.75 Å². The van der Waals surface area contributed by atoms with E-state index in [1.165, 1.54) is 17.2 Å². The van der Waals surface area contributed by atoms with Crippen LogP contribution in [-0.2, 0) is 9.63 Å². The molecule has 2 N–H and O–H groups in total. The number of hydrogen-bond donors (Lipinski definition) is 2. The van der Waals surface area contributed by atoms with E-state index in [0.29, 0.717) is 13.2 Å². The number of halogens is 2. The molecule has 1 aliphatic rings. The largest absolute Gasteiger partial charge is 0.506 e. The van der Waals surface area contributed by atoms with Gasteiger partial charge in [0.05, 0.1) is 30.3 Å². The third kappa shape index (κ3) is 3.33. The van der Waals surface area contributed by atoms with Gasteiger partial charge in [-0.05, 0) is 18.6 Å². The Balaban J connectivity index is 2.00. The van der Waals surface area contributed by atoms with Gasteiger partial charge in [-0.25, -0.2) is 5.06 Å². The number of aromatic hydroxyl groups is 1. The quantitative estimate of drug-likeness (QED) is 0.887. The first-order valence-corrected chi connectivity index (χ1v) is 6.64. The molecule has 2 rings (SSSR count). The van der Waals surface area contributed by atoms with Gasteiger partial charge >= 0.3 is 0 Å². The Bertz CT molecular complexity index is 545. The Morgan fingerprint density at radius 3 is 2.80 bits per heavy atom. The normalized spacial score (nSPS) is 14.4. The number of amides is 2. The van der Waals surface area contributed by atoms with Crippen LogP contribution in [0.1, 0.15) is 16.8 Å². The Kier molecular flexibility index (Phi) is 4.69. The first kappa shape index (κ1) is 14.9. The maximum Gasteiger partial charge on any atom is 0.265 e. The molecule has 1 heterocycles. The van der Waals surface area contributed by atoms with Gasteiger partial charge < -0.3 is 10.4 Å². The highest BCUT2D eigenvalue weighted by molar-refractivity contribution is 6.36. The topological polar surface area (TPSA) is 78.9 Å². The summed E-state index contributed by atoms with van der Waals surface area (Å²) in [6.45, 7) is 0.760. The number of carbonyl (C=O) groups excluding carboxylic acids is 2. The van der Waals surface area contributed by atoms with Crippen molar-refractivity contribution >= 4 is 35.0 Å². The van der Waals surface area contributed by atoms with E-state index in [4.69, 9.17) is 28.0 Å². The molecule has 0 unspecified atom stereocenters. The van der Waals surface area contributed by atoms with E-state index in [2.05, 4.69) is 5.32 Å². The number of benzene rings is 1. The van der Waals surface area contributed by atoms with E-state index < -0.39 is 5.91 Å². The molecule has 0 atom stereocenters. The SMILES string of the molecule is O=C(NCC(=O)N1CCCO1)c1cc(Cl)cc(Cl)c1O. The lowest BCUT2D eigenvalue weighted by molar-refractivity contribution is -0.167. The Hall–Kier alpha value is -1.50. The zero-order valence-corrected chi connectivity index (χ0v) is 11.9. The predicted octanol–water partition coefficient (Wildman–Crippen LogP) is 1.59. The van der Waals surface area contributed by atoms with Crippen molar-refractivity contribution < 1.29 is 19.5 Å². The molecular formula is C12H12Cl2N2O4. The van der Waals surface area contributed by atoms with Crippen molar-refractivity contribution in [3.8, 4) is 5.75 Å². The number of carbonyl (C=O) groups is 2. The van der Waals surface area contributed by atoms with Gasteiger partial charge in [-0.3, -0.25) is 14.4 Å². The second-order valence-electron chi connectivity index (χ2n) is 4.15. The molecule has 0 aliphatic carbocycles. The lowest BCUT2D eigenvalue weighted by Crippen LogP contribution is -2.38. The van der Waals surface area contributed by atoms with Crippen LogP contribution in [-0.4, -0.2) is 41.7 Å². The maximum atomic E-state index is 11.9. The van der Waals surface area contributed by atoms with E-state index in [1.807, 2.05) is 0 Å². The summed E-state index contributed by atoms with van der Waals surface area (Å²) < 4.78 is 0. The molecule has 8 heteroatoms. The molecule has 1 saturated heterocycles. The predicted molar refractivity (Wildman–Crippen MR) is 72.7 cm³/mol. The lowest BCUT2D eigenvalue weighted by atomic mass is 10.2. The minimum atomic E-state index is -0.639. The van der Waals surface area contributed by atoms with Crippen LogP contribution < -0.4 is 5.32 Å². The third-order valence-corrected chi connectivity index (χ3v) is 3.21. The molecule has 2 amide bonds. The zero-order chi connectivity index (χ0) is 14.7. The Morgan fingerprint density at radius 2 is 2.15 bits per heavy atom. The molecule has 0 saturated carbocycles. The van der Waals surface area contributed by atoms with Gasteiger partial charge in [-0.15, -0.1) is 0 Å². The Morgan fingerprint density at radius 1 is 1.40 bits per heavy atom. The van der Waals surface area contributed by atoms with Crippen molar-refractivity contribution in [2.24, 2.45) is 0 Å². The molecule has 0 radical (unpaired) electrons. The Labute approximate surface area is 125 Å². The van der Waals surface area contributed by atoms with Crippen molar-refractivity contribution in [1.29, 1.82) is 0 Å². The number of hydrogen-bond acceptors (Lipinski definition) is 4. The summed E-state index contributed by atoms with van der Waals surface area (Å²) in [6, 6.07) is 2.59. The average molecular weight is 319 g/mol. The zero-order valence-electron chi connectivity index (χ0n) is 10.4. The molecule has 1 aromatic carbocycles. The minimum absolute atomic E-state index is 0.0307. The summed E-state index contributed by atoms with van der Waals surface area (Å²) in [7, 11) is 0. The van der Waals surface area contributed by atoms with Crippen LogP contribution in [0.15, 0.2) is 12.1 Å². The second-order valence-corrected chi connectivity index (χ2v) is 4.99. The first-order chi connectivity index (χ1) is 9.49. The van der Waals surface area contributed by atoms with Crippen molar-refractivity contribution in [1.82, 2.24) is 10.4 Å². The van der Waals surface area contributed by atoms with Crippen molar-refractivity contribution in [3.63, 3.8) is 0 Å². The summed E-state index contributed by atoms with van der Waals surface area (Å²) in [6.07, 6.45) is 0.768. The lowest BCUT2D eigenvalue weighted by Gasteiger charge is -2.14. The van der Waals surface area contributed by atoms with Crippen LogP contribution in [0.3, 0.4) is 0 Å². The molecular weight excluding hydrogens is 307 g/mol. The average Bonchev–Trinajstić information content (AvgIpc) is 2.93. The minimum Gasteiger partial charge on any atom is -0.506 e. The molecule has 0 aromatic heterocycles. The molecule has 108 valence electrons. The van der Waals surface area contributed by atoms with Crippen LogP contribution >= 0.6 is 23.2 Å². The summed E-state index contributed by atoms with van der Waals surface area (Å²) in [5.74, 6) is -1.37. The highest BCUT2D eigenvalue weighted by Crippen LogP contribution is 2.30. The number of phenols is 1. The van der Waals surface area contributed by atoms with E-state index in [1.54, 1.807) is 0 Å². The van der Waals surface area contributed by atoms with Crippen molar-refractivity contribution in [3.05, 3.63) is 27.7 Å². The number of phenolic OH excluding ortho intramolecular Hbond substituents is 1. The second kappa shape index (κ2) is 6.30. The van der Waals surface area contributed by atoms with Crippen molar-refractivity contribution in [2.45, 2.75) is 6.42 Å². The smallest absolute Gasteiger partial charge is 0.265 e. The fraction of sp³-hybridized carbons (Fsp3) is 0.333. The summed E-state index contributed by atoms with van der Waals surface area (Å²) >= 11 is 11.5. The maximum absolute atomic E-state index is 11.9. The van der Waals surface area contributed by atoms with Gasteiger partial charge in [0.25, 0.3) is 11.8 Å². The number of hydroxylamine groups is 2. The van der Waals surface area contributed by atoms with Crippen LogP contribution in [0.4, 0.5) is 0 Å². The van der Waals surface area contributed by atoms with Gasteiger partial charge in [0.1, 0.15) is 5.75 Å². The molecule has 0 spiro atoms. The molecule has 1 aliphatic heterocycles. The van der Waals surface area contributed by atoms with E-state index in [-0.39, 0.29) is 33.8 Å². The standard InChI is InChI=1S/C12H12Cl2N2O4/c13-7-4-8(11(18)9(14)5-7)12(19)15-6-10(17)16-2-1-3-20-16/h4-5,18H,1-3,6H2,(H,15,19). The van der Waals surface area contributed by atoms with Gasteiger partial charge in [0.2, 0.25) is 0 Å². The summed E-state index contributed by atoms with van der Waals surface area (Å²) in [5, 5.41) is 13.5. The van der Waals surface area contributed by atoms with Gasteiger partial charge in [0, 0.05) is 5.02 Å². The van der Waals surface area contributed by atoms with E-state index >= 15 is 0 Å². The fourth-order valence-electron chi connectivity index (χ4n) is 1.72. The molecule has 1 aromatic rings. The third-order valence-electron chi connectivity index (χ3n) is 2.70. The van der Waals surface area contributed by atoms with Gasteiger partial charge in [-0.1, -0.05) is 23.2 Å². The van der Waals surface area contributed by atoms with E-state index in [0.717, 1.165) is 6.42 Å². The number of nitrogens with zero attached hydrogens (tertiary/aromatic N) is 1.